The maximum absolute atomic E-state index is 13.0. The maximum atomic E-state index is 13.0. The third-order valence-electron chi connectivity index (χ3n) is 2.60. The van der Waals surface area contributed by atoms with Gasteiger partial charge >= 0.3 is 0 Å². The van der Waals surface area contributed by atoms with Crippen LogP contribution in [0.25, 0.3) is 0 Å². The van der Waals surface area contributed by atoms with Gasteiger partial charge in [0.05, 0.1) is 0 Å². The molecule has 0 aliphatic heterocycles. The van der Waals surface area contributed by atoms with Crippen molar-refractivity contribution in [3.8, 4) is 5.75 Å². The van der Waals surface area contributed by atoms with E-state index >= 15 is 0 Å². The molecule has 0 fully saturated rings. The molecule has 1 unspecified atom stereocenters. The molecule has 2 N–H and O–H groups in total. The molecule has 1 aromatic rings. The lowest BCUT2D eigenvalue weighted by Gasteiger charge is -2.15. The Hall–Kier alpha value is -1.25. The van der Waals surface area contributed by atoms with Crippen molar-refractivity contribution in [1.82, 2.24) is 0 Å². The second-order valence-corrected chi connectivity index (χ2v) is 4.21. The Bertz CT molecular complexity index is 328. The second-order valence-electron chi connectivity index (χ2n) is 4.21. The fourth-order valence-electron chi connectivity index (χ4n) is 1.65. The van der Waals surface area contributed by atoms with E-state index in [1.54, 1.807) is 6.07 Å². The number of hydrogen-bond donors (Lipinski definition) is 2. The van der Waals surface area contributed by atoms with Crippen LogP contribution < -0.4 is 5.32 Å². The number of rotatable bonds is 6. The van der Waals surface area contributed by atoms with Gasteiger partial charge in [-0.25, -0.2) is 4.39 Å². The Morgan fingerprint density at radius 3 is 2.75 bits per heavy atom. The van der Waals surface area contributed by atoms with E-state index in [0.717, 1.165) is 12.1 Å². The highest BCUT2D eigenvalue weighted by Crippen LogP contribution is 2.20. The van der Waals surface area contributed by atoms with E-state index in [0.29, 0.717) is 6.04 Å². The zero-order valence-electron chi connectivity index (χ0n) is 9.96. The number of phenols is 1. The van der Waals surface area contributed by atoms with Crippen molar-refractivity contribution in [2.75, 3.05) is 5.32 Å². The van der Waals surface area contributed by atoms with Gasteiger partial charge in [-0.05, 0) is 25.5 Å². The van der Waals surface area contributed by atoms with Crippen molar-refractivity contribution in [3.63, 3.8) is 0 Å². The lowest BCUT2D eigenvalue weighted by molar-refractivity contribution is 0.432. The van der Waals surface area contributed by atoms with Crippen molar-refractivity contribution >= 4 is 5.69 Å². The zero-order valence-corrected chi connectivity index (χ0v) is 9.96. The number of unbranched alkanes of at least 4 members (excludes halogenated alkanes) is 2. The van der Waals surface area contributed by atoms with Crippen molar-refractivity contribution in [2.24, 2.45) is 0 Å². The quantitative estimate of drug-likeness (QED) is 0.568. The fourth-order valence-corrected chi connectivity index (χ4v) is 1.65. The Labute approximate surface area is 96.5 Å². The molecule has 2 nitrogen and oxygen atoms in total. The average Bonchev–Trinajstić information content (AvgIpc) is 2.24. The molecule has 0 heterocycles. The van der Waals surface area contributed by atoms with E-state index in [4.69, 9.17) is 5.11 Å². The van der Waals surface area contributed by atoms with Crippen LogP contribution in [-0.4, -0.2) is 11.1 Å². The van der Waals surface area contributed by atoms with Crippen molar-refractivity contribution in [1.29, 1.82) is 0 Å². The van der Waals surface area contributed by atoms with Gasteiger partial charge in [0.25, 0.3) is 0 Å². The fraction of sp³-hybridized carbons (Fsp3) is 0.538. The lowest BCUT2D eigenvalue weighted by atomic mass is 10.1. The first kappa shape index (κ1) is 12.8. The van der Waals surface area contributed by atoms with E-state index < -0.39 is 5.82 Å². The summed E-state index contributed by atoms with van der Waals surface area (Å²) in [4.78, 5) is 0. The predicted molar refractivity (Wildman–Crippen MR) is 65.3 cm³/mol. The van der Waals surface area contributed by atoms with Crippen LogP contribution in [0.1, 0.15) is 39.5 Å². The summed E-state index contributed by atoms with van der Waals surface area (Å²) < 4.78 is 13.0. The molecule has 0 bridgehead atoms. The Morgan fingerprint density at radius 2 is 2.12 bits per heavy atom. The Morgan fingerprint density at radius 1 is 1.38 bits per heavy atom. The summed E-state index contributed by atoms with van der Waals surface area (Å²) in [5, 5.41) is 12.3. The normalized spacial score (nSPS) is 12.4. The van der Waals surface area contributed by atoms with Gasteiger partial charge in [-0.1, -0.05) is 26.2 Å². The van der Waals surface area contributed by atoms with E-state index in [1.165, 1.54) is 31.4 Å². The average molecular weight is 225 g/mol. The number of anilines is 1. The first-order chi connectivity index (χ1) is 7.63. The highest BCUT2D eigenvalue weighted by Gasteiger charge is 2.04. The third kappa shape index (κ3) is 4.09. The summed E-state index contributed by atoms with van der Waals surface area (Å²) in [7, 11) is 0. The molecular weight excluding hydrogens is 205 g/mol. The highest BCUT2D eigenvalue weighted by molar-refractivity contribution is 5.47. The summed E-state index contributed by atoms with van der Waals surface area (Å²) in [5.74, 6) is -0.880. The molecule has 16 heavy (non-hydrogen) atoms. The molecule has 0 amide bonds. The van der Waals surface area contributed by atoms with E-state index in [1.807, 2.05) is 0 Å². The minimum absolute atomic E-state index is 0.302. The number of benzene rings is 1. The van der Waals surface area contributed by atoms with Crippen molar-refractivity contribution in [2.45, 2.75) is 45.6 Å². The summed E-state index contributed by atoms with van der Waals surface area (Å²) in [6.07, 6.45) is 4.71. The largest absolute Gasteiger partial charge is 0.505 e. The molecule has 1 rings (SSSR count). The van der Waals surface area contributed by atoms with Crippen LogP contribution in [0.2, 0.25) is 0 Å². The summed E-state index contributed by atoms with van der Waals surface area (Å²) >= 11 is 0. The molecule has 3 heteroatoms. The van der Waals surface area contributed by atoms with Gasteiger partial charge in [0, 0.05) is 17.8 Å². The van der Waals surface area contributed by atoms with Crippen LogP contribution in [0.15, 0.2) is 18.2 Å². The third-order valence-corrected chi connectivity index (χ3v) is 2.60. The zero-order chi connectivity index (χ0) is 12.0. The van der Waals surface area contributed by atoms with Crippen LogP contribution >= 0.6 is 0 Å². The van der Waals surface area contributed by atoms with Crippen LogP contribution in [0.4, 0.5) is 10.1 Å². The molecule has 0 radical (unpaired) electrons. The lowest BCUT2D eigenvalue weighted by Crippen LogP contribution is -2.14. The van der Waals surface area contributed by atoms with Gasteiger partial charge in [0.2, 0.25) is 0 Å². The number of phenolic OH excluding ortho intramolecular Hbond substituents is 1. The smallest absolute Gasteiger partial charge is 0.166 e. The Balaban J connectivity index is 2.43. The topological polar surface area (TPSA) is 32.3 Å². The molecular formula is C13H20FNO. The minimum atomic E-state index is -0.578. The minimum Gasteiger partial charge on any atom is -0.505 e. The molecule has 0 aromatic heterocycles. The van der Waals surface area contributed by atoms with Gasteiger partial charge in [-0.15, -0.1) is 0 Å². The number of hydrogen-bond acceptors (Lipinski definition) is 2. The highest BCUT2D eigenvalue weighted by atomic mass is 19.1. The van der Waals surface area contributed by atoms with Gasteiger partial charge in [0.1, 0.15) is 0 Å². The first-order valence-electron chi connectivity index (χ1n) is 5.88. The Kier molecular flexibility index (Phi) is 5.09. The van der Waals surface area contributed by atoms with E-state index in [-0.39, 0.29) is 5.75 Å². The van der Waals surface area contributed by atoms with Gasteiger partial charge in [-0.2, -0.15) is 0 Å². The van der Waals surface area contributed by atoms with Gasteiger partial charge in [0.15, 0.2) is 11.6 Å². The van der Waals surface area contributed by atoms with Crippen molar-refractivity contribution < 1.29 is 9.50 Å². The first-order valence-corrected chi connectivity index (χ1v) is 5.88. The SMILES string of the molecule is CCCCCC(C)Nc1ccc(O)c(F)c1. The molecule has 0 saturated carbocycles. The van der Waals surface area contributed by atoms with Gasteiger partial charge in [-0.3, -0.25) is 0 Å². The molecule has 1 atom stereocenters. The van der Waals surface area contributed by atoms with Gasteiger partial charge < -0.3 is 10.4 Å². The number of aromatic hydroxyl groups is 1. The van der Waals surface area contributed by atoms with E-state index in [9.17, 15) is 4.39 Å². The molecule has 0 aliphatic rings. The standard InChI is InChI=1S/C13H20FNO/c1-3-4-5-6-10(2)15-11-7-8-13(16)12(14)9-11/h7-10,15-16H,3-6H2,1-2H3. The summed E-state index contributed by atoms with van der Waals surface area (Å²) in [6, 6.07) is 4.71. The molecule has 0 saturated heterocycles. The van der Waals surface area contributed by atoms with E-state index in [2.05, 4.69) is 19.2 Å². The molecule has 90 valence electrons. The predicted octanol–water partition coefficient (Wildman–Crippen LogP) is 3.91. The maximum Gasteiger partial charge on any atom is 0.166 e. The number of halogens is 1. The monoisotopic (exact) mass is 225 g/mol. The van der Waals surface area contributed by atoms with Crippen LogP contribution in [0, 0.1) is 5.82 Å². The summed E-state index contributed by atoms with van der Waals surface area (Å²) in [6.45, 7) is 4.26. The van der Waals surface area contributed by atoms with Crippen LogP contribution in [0.3, 0.4) is 0 Å². The van der Waals surface area contributed by atoms with Crippen LogP contribution in [-0.2, 0) is 0 Å². The molecule has 0 spiro atoms. The molecule has 1 aromatic carbocycles. The number of nitrogens with one attached hydrogen (secondary N) is 1. The second kappa shape index (κ2) is 6.36. The summed E-state index contributed by atoms with van der Waals surface area (Å²) in [5.41, 5.74) is 0.722. The van der Waals surface area contributed by atoms with Crippen LogP contribution in [0.5, 0.6) is 5.75 Å². The van der Waals surface area contributed by atoms with Crippen molar-refractivity contribution in [3.05, 3.63) is 24.0 Å². The molecule has 0 aliphatic carbocycles.